The minimum Gasteiger partial charge on any atom is -0.354 e. The Hall–Kier alpha value is -0.660. The fraction of sp³-hybridized carbons (Fsp3) is 0.500. The molecule has 0 radical (unpaired) electrons. The van der Waals surface area contributed by atoms with Gasteiger partial charge in [0.1, 0.15) is 6.07 Å². The maximum absolute atomic E-state index is 10.4. The van der Waals surface area contributed by atoms with Crippen LogP contribution in [0.4, 0.5) is 4.53 Å². The fourth-order valence-electron chi connectivity index (χ4n) is 0.0199. The summed E-state index contributed by atoms with van der Waals surface area (Å²) in [4.78, 5) is 2.59. The van der Waals surface area contributed by atoms with E-state index in [0.717, 1.165) is 6.07 Å². The average molecular weight is 91.0 g/mol. The molecule has 0 aromatic heterocycles. The molecule has 0 bridgehead atoms. The Morgan fingerprint density at radius 1 is 2.00 bits per heavy atom. The van der Waals surface area contributed by atoms with Gasteiger partial charge in [-0.25, -0.2) is 0 Å². The molecule has 0 saturated carbocycles. The monoisotopic (exact) mass is 91.0 g/mol. The summed E-state index contributed by atoms with van der Waals surface area (Å²) in [6.07, 6.45) is -1.93. The van der Waals surface area contributed by atoms with Gasteiger partial charge in [-0.15, -0.1) is 4.94 Å². The van der Waals surface area contributed by atoms with Gasteiger partial charge in [-0.2, -0.15) is 5.26 Å². The van der Waals surface area contributed by atoms with E-state index >= 15 is 0 Å². The quantitative estimate of drug-likeness (QED) is 0.357. The molecule has 1 atom stereocenters. The molecule has 1 unspecified atom stereocenters. The summed E-state index contributed by atoms with van der Waals surface area (Å²) in [6.45, 7) is 0. The third-order valence-corrected chi connectivity index (χ3v) is 0.195. The lowest BCUT2D eigenvalue weighted by Gasteiger charge is -1.84. The van der Waals surface area contributed by atoms with Gasteiger partial charge in [-0.1, -0.05) is 0 Å². The maximum atomic E-state index is 10.4. The van der Waals surface area contributed by atoms with E-state index in [1.807, 2.05) is 0 Å². The largest absolute Gasteiger partial charge is 0.354 e. The molecule has 0 fully saturated rings. The van der Waals surface area contributed by atoms with Crippen LogP contribution < -0.4 is 0 Å². The molecule has 0 saturated heterocycles. The third-order valence-electron chi connectivity index (χ3n) is 0.195. The van der Waals surface area contributed by atoms with Crippen LogP contribution in [-0.4, -0.2) is 11.4 Å². The van der Waals surface area contributed by atoms with Crippen molar-refractivity contribution < 1.29 is 14.6 Å². The van der Waals surface area contributed by atoms with Crippen LogP contribution >= 0.6 is 0 Å². The second-order valence-corrected chi connectivity index (χ2v) is 0.571. The lowest BCUT2D eigenvalue weighted by Crippen LogP contribution is -2.00. The first-order valence-corrected chi connectivity index (χ1v) is 1.16. The van der Waals surface area contributed by atoms with Crippen LogP contribution in [0.1, 0.15) is 0 Å². The second kappa shape index (κ2) is 2.57. The van der Waals surface area contributed by atoms with Gasteiger partial charge in [-0.05, 0) is 4.53 Å². The summed E-state index contributed by atoms with van der Waals surface area (Å²) in [5.74, 6) is 0. The van der Waals surface area contributed by atoms with Gasteiger partial charge >= 0.3 is 0 Å². The third kappa shape index (κ3) is 1.64. The maximum Gasteiger partial charge on any atom is 0.282 e. The van der Waals surface area contributed by atoms with Crippen molar-refractivity contribution in [2.24, 2.45) is 0 Å². The summed E-state index contributed by atoms with van der Waals surface area (Å²) in [7, 11) is 0. The standard InChI is InChI=1S/C2H2FNO2/c3-6-2(5)1-4/h2,5H. The minimum absolute atomic E-state index is 1.07. The Morgan fingerprint density at radius 2 is 2.50 bits per heavy atom. The van der Waals surface area contributed by atoms with Crippen LogP contribution in [0.15, 0.2) is 0 Å². The van der Waals surface area contributed by atoms with Crippen molar-refractivity contribution in [1.82, 2.24) is 0 Å². The van der Waals surface area contributed by atoms with Crippen LogP contribution in [0, 0.1) is 11.3 Å². The van der Waals surface area contributed by atoms with Crippen molar-refractivity contribution in [1.29, 1.82) is 5.26 Å². The van der Waals surface area contributed by atoms with Gasteiger partial charge in [0.15, 0.2) is 0 Å². The first-order valence-electron chi connectivity index (χ1n) is 1.16. The smallest absolute Gasteiger partial charge is 0.282 e. The van der Waals surface area contributed by atoms with Crippen LogP contribution in [0.5, 0.6) is 0 Å². The molecule has 0 aliphatic carbocycles. The second-order valence-electron chi connectivity index (χ2n) is 0.571. The molecule has 34 valence electrons. The Kier molecular flexibility index (Phi) is 2.29. The van der Waals surface area contributed by atoms with E-state index in [9.17, 15) is 4.53 Å². The van der Waals surface area contributed by atoms with E-state index in [-0.39, 0.29) is 0 Å². The lowest BCUT2D eigenvalue weighted by atomic mass is 10.8. The number of aliphatic hydroxyl groups is 1. The minimum atomic E-state index is -1.93. The van der Waals surface area contributed by atoms with Gasteiger partial charge in [-0.3, -0.25) is 0 Å². The van der Waals surface area contributed by atoms with Gasteiger partial charge in [0.05, 0.1) is 0 Å². The number of nitrogens with zero attached hydrogens (tertiary/aromatic N) is 1. The molecule has 0 aromatic rings. The van der Waals surface area contributed by atoms with Crippen LogP contribution in [-0.2, 0) is 4.94 Å². The molecular formula is C2H2FNO2. The Bertz CT molecular complexity index is 68.4. The number of rotatable bonds is 1. The predicted molar refractivity (Wildman–Crippen MR) is 13.8 cm³/mol. The molecule has 0 rings (SSSR count). The van der Waals surface area contributed by atoms with Crippen LogP contribution in [0.3, 0.4) is 0 Å². The molecule has 0 aromatic carbocycles. The Labute approximate surface area is 33.5 Å². The molecular weight excluding hydrogens is 89.0 g/mol. The normalized spacial score (nSPS) is 12.8. The number of aliphatic hydroxyl groups excluding tert-OH is 1. The summed E-state index contributed by atoms with van der Waals surface area (Å²) in [5.41, 5.74) is 0. The zero-order valence-corrected chi connectivity index (χ0v) is 2.76. The molecule has 0 aliphatic heterocycles. The molecule has 0 spiro atoms. The van der Waals surface area contributed by atoms with Gasteiger partial charge in [0, 0.05) is 0 Å². The van der Waals surface area contributed by atoms with E-state index < -0.39 is 6.29 Å². The van der Waals surface area contributed by atoms with Crippen LogP contribution in [0.2, 0.25) is 0 Å². The Balaban J connectivity index is 3.04. The Morgan fingerprint density at radius 3 is 2.50 bits per heavy atom. The van der Waals surface area contributed by atoms with Crippen molar-refractivity contribution in [3.8, 4) is 6.07 Å². The first-order chi connectivity index (χ1) is 2.81. The van der Waals surface area contributed by atoms with Gasteiger partial charge in [0.2, 0.25) is 0 Å². The highest BCUT2D eigenvalue weighted by atomic mass is 19.3. The summed E-state index contributed by atoms with van der Waals surface area (Å²) >= 11 is 0. The summed E-state index contributed by atoms with van der Waals surface area (Å²) in [6, 6.07) is 1.07. The topological polar surface area (TPSA) is 53.2 Å². The van der Waals surface area contributed by atoms with Crippen molar-refractivity contribution in [3.63, 3.8) is 0 Å². The molecule has 4 heteroatoms. The first kappa shape index (κ1) is 5.34. The molecule has 3 nitrogen and oxygen atoms in total. The van der Waals surface area contributed by atoms with Crippen molar-refractivity contribution in [2.75, 3.05) is 0 Å². The van der Waals surface area contributed by atoms with E-state index in [1.54, 1.807) is 0 Å². The molecule has 0 aliphatic rings. The van der Waals surface area contributed by atoms with Crippen molar-refractivity contribution in [2.45, 2.75) is 6.29 Å². The lowest BCUT2D eigenvalue weighted by molar-refractivity contribution is -0.230. The fourth-order valence-corrected chi connectivity index (χ4v) is 0.0199. The van der Waals surface area contributed by atoms with E-state index in [4.69, 9.17) is 10.4 Å². The number of nitriles is 1. The van der Waals surface area contributed by atoms with E-state index in [1.165, 1.54) is 0 Å². The summed E-state index contributed by atoms with van der Waals surface area (Å²) < 4.78 is 10.4. The van der Waals surface area contributed by atoms with E-state index in [2.05, 4.69) is 4.94 Å². The van der Waals surface area contributed by atoms with E-state index in [0.29, 0.717) is 0 Å². The molecule has 0 amide bonds. The van der Waals surface area contributed by atoms with Crippen molar-refractivity contribution in [3.05, 3.63) is 0 Å². The molecule has 0 heterocycles. The average Bonchev–Trinajstić information content (AvgIpc) is 1.65. The zero-order valence-electron chi connectivity index (χ0n) is 2.76. The number of hydrogen-bond donors (Lipinski definition) is 1. The van der Waals surface area contributed by atoms with Crippen molar-refractivity contribution >= 4 is 0 Å². The molecule has 6 heavy (non-hydrogen) atoms. The zero-order chi connectivity index (χ0) is 4.99. The SMILES string of the molecule is N#CC(O)OF. The summed E-state index contributed by atoms with van der Waals surface area (Å²) in [5, 5.41) is 15.2. The highest BCUT2D eigenvalue weighted by Gasteiger charge is 1.95. The molecule has 1 N–H and O–H groups in total. The van der Waals surface area contributed by atoms with Gasteiger partial charge in [0.25, 0.3) is 6.29 Å². The van der Waals surface area contributed by atoms with Gasteiger partial charge < -0.3 is 5.11 Å². The predicted octanol–water partition coefficient (Wildman–Crippen LogP) is -0.271. The number of hydrogen-bond acceptors (Lipinski definition) is 3. The highest BCUT2D eigenvalue weighted by molar-refractivity contribution is 4.71. The number of halogens is 1. The van der Waals surface area contributed by atoms with Crippen LogP contribution in [0.25, 0.3) is 0 Å². The highest BCUT2D eigenvalue weighted by Crippen LogP contribution is 1.79.